The van der Waals surface area contributed by atoms with Crippen molar-refractivity contribution >= 4 is 11.8 Å². The third-order valence-electron chi connectivity index (χ3n) is 8.52. The molecule has 0 N–H and O–H groups in total. The van der Waals surface area contributed by atoms with Gasteiger partial charge in [0.1, 0.15) is 17.1 Å². The highest BCUT2D eigenvalue weighted by atomic mass is 16.5. The van der Waals surface area contributed by atoms with Gasteiger partial charge in [0.15, 0.2) is 11.7 Å². The number of hydrogen-bond donors (Lipinski definition) is 0. The molecule has 0 aliphatic carbocycles. The molecule has 5 nitrogen and oxygen atoms in total. The van der Waals surface area contributed by atoms with E-state index in [1.165, 1.54) is 45.6 Å². The number of hydrogen-bond acceptors (Lipinski definition) is 5. The second-order valence-electron chi connectivity index (χ2n) is 12.2. The summed E-state index contributed by atoms with van der Waals surface area (Å²) in [6, 6.07) is 0. The van der Waals surface area contributed by atoms with Gasteiger partial charge in [0.05, 0.1) is 19.8 Å². The van der Waals surface area contributed by atoms with Crippen LogP contribution < -0.4 is 9.47 Å². The summed E-state index contributed by atoms with van der Waals surface area (Å²) >= 11 is 0. The van der Waals surface area contributed by atoms with Crippen LogP contribution in [0.4, 0.5) is 0 Å². The highest BCUT2D eigenvalue weighted by Gasteiger charge is 2.52. The van der Waals surface area contributed by atoms with Crippen LogP contribution >= 0.6 is 0 Å². The highest BCUT2D eigenvalue weighted by molar-refractivity contribution is 6.13. The summed E-state index contributed by atoms with van der Waals surface area (Å²) in [5.41, 5.74) is 2.06. The van der Waals surface area contributed by atoms with E-state index < -0.39 is 17.5 Å². The summed E-state index contributed by atoms with van der Waals surface area (Å²) in [6.45, 7) is 17.0. The van der Waals surface area contributed by atoms with Gasteiger partial charge in [-0.25, -0.2) is 0 Å². The Morgan fingerprint density at radius 3 is 1.92 bits per heavy atom. The molecule has 0 saturated heterocycles. The molecular weight excluding hydrogens is 464 g/mol. The van der Waals surface area contributed by atoms with Gasteiger partial charge >= 0.3 is 5.97 Å². The Balaban J connectivity index is 2.06. The van der Waals surface area contributed by atoms with Crippen molar-refractivity contribution in [2.24, 2.45) is 23.7 Å². The molecule has 1 aromatic rings. The van der Waals surface area contributed by atoms with Crippen molar-refractivity contribution < 1.29 is 23.8 Å². The lowest BCUT2D eigenvalue weighted by molar-refractivity contribution is -0.151. The number of ketones is 1. The maximum absolute atomic E-state index is 13.8. The second-order valence-corrected chi connectivity index (χ2v) is 12.2. The Bertz CT molecular complexity index is 934. The van der Waals surface area contributed by atoms with E-state index in [1.807, 2.05) is 27.7 Å². The highest BCUT2D eigenvalue weighted by Crippen LogP contribution is 2.47. The van der Waals surface area contributed by atoms with Gasteiger partial charge in [-0.1, -0.05) is 72.6 Å². The fraction of sp³-hybridized carbons (Fsp3) is 0.750. The first-order valence-electron chi connectivity index (χ1n) is 14.4. The number of rotatable bonds is 14. The van der Waals surface area contributed by atoms with Gasteiger partial charge in [-0.2, -0.15) is 0 Å². The third-order valence-corrected chi connectivity index (χ3v) is 8.52. The number of benzene rings is 1. The number of carbonyl (C=O) groups excluding carboxylic acids is 2. The van der Waals surface area contributed by atoms with E-state index in [-0.39, 0.29) is 5.78 Å². The van der Waals surface area contributed by atoms with E-state index in [2.05, 4.69) is 27.7 Å². The molecule has 1 heterocycles. The van der Waals surface area contributed by atoms with Crippen LogP contribution in [0.5, 0.6) is 11.5 Å². The molecule has 0 amide bonds. The number of methoxy groups -OCH3 is 2. The number of Topliss-reactive ketones (excluding diaryl/α,β-unsaturated/α-hetero) is 1. The van der Waals surface area contributed by atoms with Gasteiger partial charge in [-0.3, -0.25) is 9.59 Å². The smallest absolute Gasteiger partial charge is 0.320 e. The van der Waals surface area contributed by atoms with Crippen molar-refractivity contribution in [1.29, 1.82) is 0 Å². The minimum atomic E-state index is -0.988. The fourth-order valence-electron chi connectivity index (χ4n) is 5.99. The molecule has 0 aromatic heterocycles. The molecule has 2 unspecified atom stereocenters. The van der Waals surface area contributed by atoms with Crippen molar-refractivity contribution in [3.05, 3.63) is 22.3 Å². The quantitative estimate of drug-likeness (QED) is 0.184. The van der Waals surface area contributed by atoms with E-state index in [0.29, 0.717) is 35.0 Å². The molecular formula is C32H52O5. The molecule has 0 bridgehead atoms. The average Bonchev–Trinajstić information content (AvgIpc) is 2.82. The first-order valence-corrected chi connectivity index (χ1v) is 14.4. The van der Waals surface area contributed by atoms with Crippen molar-refractivity contribution in [3.8, 4) is 11.5 Å². The fourth-order valence-corrected chi connectivity index (χ4v) is 5.99. The Morgan fingerprint density at radius 2 is 1.41 bits per heavy atom. The monoisotopic (exact) mass is 516 g/mol. The first kappa shape index (κ1) is 31.2. The van der Waals surface area contributed by atoms with E-state index in [4.69, 9.17) is 14.2 Å². The minimum Gasteiger partial charge on any atom is -0.496 e. The molecule has 37 heavy (non-hydrogen) atoms. The molecule has 1 aliphatic heterocycles. The molecule has 4 atom stereocenters. The first-order chi connectivity index (χ1) is 17.4. The lowest BCUT2D eigenvalue weighted by atomic mass is 9.75. The van der Waals surface area contributed by atoms with Crippen LogP contribution in [0.1, 0.15) is 119 Å². The maximum Gasteiger partial charge on any atom is 0.320 e. The van der Waals surface area contributed by atoms with Gasteiger partial charge in [0, 0.05) is 5.56 Å². The molecule has 0 fully saturated rings. The SMILES string of the molecule is COC(=O)C1C(=O)c2c(C)c(OC)c(C)c(C)c2OC1(C)CCC[C@H](C)CCC[C@H](C)CCCC(C)C. The maximum atomic E-state index is 13.8. The van der Waals surface area contributed by atoms with E-state index in [0.717, 1.165) is 35.8 Å². The van der Waals surface area contributed by atoms with E-state index in [9.17, 15) is 9.59 Å². The minimum absolute atomic E-state index is 0.228. The predicted octanol–water partition coefficient (Wildman–Crippen LogP) is 8.18. The Morgan fingerprint density at radius 1 is 0.865 bits per heavy atom. The predicted molar refractivity (Wildman–Crippen MR) is 151 cm³/mol. The van der Waals surface area contributed by atoms with Crippen LogP contribution in [0.25, 0.3) is 0 Å². The van der Waals surface area contributed by atoms with Gasteiger partial charge in [-0.15, -0.1) is 0 Å². The Kier molecular flexibility index (Phi) is 11.5. The molecule has 0 saturated carbocycles. The van der Waals surface area contributed by atoms with Crippen LogP contribution in [0.3, 0.4) is 0 Å². The molecule has 0 radical (unpaired) electrons. The Hall–Kier alpha value is -2.04. The van der Waals surface area contributed by atoms with E-state index >= 15 is 0 Å². The summed E-state index contributed by atoms with van der Waals surface area (Å²) in [5, 5.41) is 0. The lowest BCUT2D eigenvalue weighted by Crippen LogP contribution is -2.52. The second kappa shape index (κ2) is 13.7. The normalized spacial score (nSPS) is 20.8. The molecule has 2 rings (SSSR count). The van der Waals surface area contributed by atoms with Gasteiger partial charge in [0.2, 0.25) is 0 Å². The molecule has 210 valence electrons. The third kappa shape index (κ3) is 7.51. The summed E-state index contributed by atoms with van der Waals surface area (Å²) in [7, 11) is 2.94. The molecule has 0 spiro atoms. The summed E-state index contributed by atoms with van der Waals surface area (Å²) in [4.78, 5) is 26.6. The van der Waals surface area contributed by atoms with Crippen molar-refractivity contribution in [3.63, 3.8) is 0 Å². The number of carbonyl (C=O) groups is 2. The lowest BCUT2D eigenvalue weighted by Gasteiger charge is -2.41. The number of esters is 1. The molecule has 1 aromatic carbocycles. The van der Waals surface area contributed by atoms with Crippen LogP contribution in [0.2, 0.25) is 0 Å². The van der Waals surface area contributed by atoms with E-state index in [1.54, 1.807) is 7.11 Å². The summed E-state index contributed by atoms with van der Waals surface area (Å²) < 4.78 is 17.3. The average molecular weight is 517 g/mol. The largest absolute Gasteiger partial charge is 0.496 e. The van der Waals surface area contributed by atoms with Crippen molar-refractivity contribution in [1.82, 2.24) is 0 Å². The van der Waals surface area contributed by atoms with Gasteiger partial charge < -0.3 is 14.2 Å². The summed E-state index contributed by atoms with van der Waals surface area (Å²) in [5.74, 6) is 1.70. The van der Waals surface area contributed by atoms with Crippen LogP contribution in [-0.2, 0) is 9.53 Å². The molecule has 5 heteroatoms. The standard InChI is InChI=1S/C32H52O5/c1-20(2)14-11-15-21(3)16-12-17-22(4)18-13-19-32(8)27(31(34)36-10)28(33)26-25(7)29(35-9)23(5)24(6)30(26)37-32/h20-22,27H,11-19H2,1-10H3/t21-,22-,27?,32?/m1/s1. The zero-order chi connectivity index (χ0) is 27.9. The van der Waals surface area contributed by atoms with Crippen LogP contribution in [0, 0.1) is 44.4 Å². The van der Waals surface area contributed by atoms with Crippen molar-refractivity contribution in [2.45, 2.75) is 119 Å². The van der Waals surface area contributed by atoms with Crippen LogP contribution in [0.15, 0.2) is 0 Å². The number of fused-ring (bicyclic) bond motifs is 1. The number of ether oxygens (including phenoxy) is 3. The zero-order valence-electron chi connectivity index (χ0n) is 25.2. The summed E-state index contributed by atoms with van der Waals surface area (Å²) in [6.07, 6.45) is 10.3. The Labute approximate surface area is 226 Å². The topological polar surface area (TPSA) is 61.8 Å². The molecule has 1 aliphatic rings. The van der Waals surface area contributed by atoms with Crippen molar-refractivity contribution in [2.75, 3.05) is 14.2 Å². The zero-order valence-corrected chi connectivity index (χ0v) is 25.2. The van der Waals surface area contributed by atoms with Gasteiger partial charge in [0.25, 0.3) is 0 Å². The van der Waals surface area contributed by atoms with Gasteiger partial charge in [-0.05, 0) is 69.4 Å². The van der Waals surface area contributed by atoms with Crippen LogP contribution in [-0.4, -0.2) is 31.6 Å².